The van der Waals surface area contributed by atoms with Gasteiger partial charge in [0.1, 0.15) is 15.5 Å². The summed E-state index contributed by atoms with van der Waals surface area (Å²) in [7, 11) is 0. The van der Waals surface area contributed by atoms with Crippen molar-refractivity contribution in [3.63, 3.8) is 0 Å². The number of urea groups is 1. The van der Waals surface area contributed by atoms with Crippen LogP contribution in [0.4, 0.5) is 15.7 Å². The lowest BCUT2D eigenvalue weighted by atomic mass is 10.1. The molecule has 3 heterocycles. The number of rotatable bonds is 4. The second kappa shape index (κ2) is 7.34. The number of carbonyl (C=O) groups is 1. The number of pyridine rings is 1. The first-order valence-corrected chi connectivity index (χ1v) is 9.39. The number of nitrogens with zero attached hydrogens (tertiary/aromatic N) is 4. The molecule has 2 amide bonds. The van der Waals surface area contributed by atoms with E-state index in [9.17, 15) is 4.79 Å². The van der Waals surface area contributed by atoms with Crippen LogP contribution >= 0.6 is 22.9 Å². The van der Waals surface area contributed by atoms with Gasteiger partial charge in [-0.2, -0.15) is 5.10 Å². The Labute approximate surface area is 164 Å². The monoisotopic (exact) mass is 398 g/mol. The number of anilines is 2. The zero-order valence-corrected chi connectivity index (χ0v) is 15.8. The minimum atomic E-state index is -0.419. The second-order valence-electron chi connectivity index (χ2n) is 5.82. The van der Waals surface area contributed by atoms with Gasteiger partial charge in [-0.15, -0.1) is 0 Å². The SMILES string of the molecule is CC(c1ccccc1)n1ccc(NC(=O)Nc2nc3ccc(Cl)nc3s2)n1. The van der Waals surface area contributed by atoms with Gasteiger partial charge in [-0.05, 0) is 24.6 Å². The second-order valence-corrected chi connectivity index (χ2v) is 7.19. The lowest BCUT2D eigenvalue weighted by molar-refractivity contribution is 0.262. The predicted octanol–water partition coefficient (Wildman–Crippen LogP) is 4.79. The van der Waals surface area contributed by atoms with Gasteiger partial charge in [-0.25, -0.2) is 14.8 Å². The molecular formula is C18H15ClN6OS. The standard InChI is InChI=1S/C18H15ClN6OS/c1-11(12-5-3-2-4-6-12)25-10-9-15(24-25)22-17(26)23-18-20-13-7-8-14(19)21-16(13)27-18/h2-11H,1H3,(H2,20,22,23,24,26). The van der Waals surface area contributed by atoms with Crippen LogP contribution in [0.2, 0.25) is 5.15 Å². The van der Waals surface area contributed by atoms with Crippen molar-refractivity contribution in [2.24, 2.45) is 0 Å². The number of nitrogens with one attached hydrogen (secondary N) is 2. The van der Waals surface area contributed by atoms with Crippen molar-refractivity contribution in [3.05, 3.63) is 65.4 Å². The van der Waals surface area contributed by atoms with Gasteiger partial charge in [-0.3, -0.25) is 15.3 Å². The first kappa shape index (κ1) is 17.4. The Hall–Kier alpha value is -2.97. The molecule has 136 valence electrons. The topological polar surface area (TPSA) is 84.7 Å². The molecule has 4 aromatic rings. The van der Waals surface area contributed by atoms with Crippen molar-refractivity contribution in [1.82, 2.24) is 19.7 Å². The van der Waals surface area contributed by atoms with Crippen LogP contribution < -0.4 is 10.6 Å². The van der Waals surface area contributed by atoms with Gasteiger partial charge < -0.3 is 0 Å². The minimum Gasteiger partial charge on any atom is -0.291 e. The van der Waals surface area contributed by atoms with Crippen molar-refractivity contribution in [2.75, 3.05) is 10.6 Å². The van der Waals surface area contributed by atoms with E-state index in [0.717, 1.165) is 5.56 Å². The number of hydrogen-bond donors (Lipinski definition) is 2. The summed E-state index contributed by atoms with van der Waals surface area (Å²) in [6.45, 7) is 2.05. The van der Waals surface area contributed by atoms with Crippen LogP contribution in [0.25, 0.3) is 10.3 Å². The molecule has 0 aliphatic rings. The summed E-state index contributed by atoms with van der Waals surface area (Å²) >= 11 is 7.12. The number of hydrogen-bond acceptors (Lipinski definition) is 5. The van der Waals surface area contributed by atoms with E-state index in [-0.39, 0.29) is 6.04 Å². The summed E-state index contributed by atoms with van der Waals surface area (Å²) in [6.07, 6.45) is 1.83. The van der Waals surface area contributed by atoms with Gasteiger partial charge in [0, 0.05) is 12.3 Å². The molecule has 0 aliphatic carbocycles. The Morgan fingerprint density at radius 3 is 2.74 bits per heavy atom. The van der Waals surface area contributed by atoms with E-state index >= 15 is 0 Å². The molecule has 0 aliphatic heterocycles. The third kappa shape index (κ3) is 3.91. The Bertz CT molecular complexity index is 1090. The zero-order valence-electron chi connectivity index (χ0n) is 14.3. The third-order valence-electron chi connectivity index (χ3n) is 3.97. The molecule has 0 saturated carbocycles. The molecule has 1 unspecified atom stereocenters. The van der Waals surface area contributed by atoms with Crippen LogP contribution in [-0.2, 0) is 0 Å². The Balaban J connectivity index is 1.43. The van der Waals surface area contributed by atoms with Crippen LogP contribution in [0.15, 0.2) is 54.7 Å². The van der Waals surface area contributed by atoms with Crippen LogP contribution in [0, 0.1) is 0 Å². The molecule has 0 fully saturated rings. The Morgan fingerprint density at radius 2 is 1.93 bits per heavy atom. The molecular weight excluding hydrogens is 384 g/mol. The average Bonchev–Trinajstić information content (AvgIpc) is 3.27. The minimum absolute atomic E-state index is 0.0601. The Kier molecular flexibility index (Phi) is 4.74. The molecule has 4 rings (SSSR count). The molecule has 7 nitrogen and oxygen atoms in total. The largest absolute Gasteiger partial charge is 0.326 e. The maximum absolute atomic E-state index is 12.2. The van der Waals surface area contributed by atoms with E-state index < -0.39 is 6.03 Å². The number of halogens is 1. The summed E-state index contributed by atoms with van der Waals surface area (Å²) in [5.41, 5.74) is 1.82. The van der Waals surface area contributed by atoms with Crippen molar-refractivity contribution in [2.45, 2.75) is 13.0 Å². The molecule has 3 aromatic heterocycles. The number of aromatic nitrogens is 4. The summed E-state index contributed by atoms with van der Waals surface area (Å²) in [5.74, 6) is 0.456. The third-order valence-corrected chi connectivity index (χ3v) is 5.06. The van der Waals surface area contributed by atoms with Gasteiger partial charge in [0.25, 0.3) is 0 Å². The summed E-state index contributed by atoms with van der Waals surface area (Å²) in [6, 6.07) is 14.8. The highest BCUT2D eigenvalue weighted by Gasteiger charge is 2.12. The maximum Gasteiger partial charge on any atom is 0.326 e. The van der Waals surface area contributed by atoms with Crippen molar-refractivity contribution in [3.8, 4) is 0 Å². The van der Waals surface area contributed by atoms with Crippen molar-refractivity contribution in [1.29, 1.82) is 0 Å². The fourth-order valence-electron chi connectivity index (χ4n) is 2.60. The van der Waals surface area contributed by atoms with Gasteiger partial charge in [0.15, 0.2) is 10.9 Å². The van der Waals surface area contributed by atoms with Crippen LogP contribution in [0.5, 0.6) is 0 Å². The molecule has 0 saturated heterocycles. The van der Waals surface area contributed by atoms with Gasteiger partial charge >= 0.3 is 6.03 Å². The van der Waals surface area contributed by atoms with Crippen LogP contribution in [-0.4, -0.2) is 25.8 Å². The van der Waals surface area contributed by atoms with E-state index in [0.29, 0.717) is 26.4 Å². The van der Waals surface area contributed by atoms with E-state index in [2.05, 4.69) is 25.7 Å². The highest BCUT2D eigenvalue weighted by atomic mass is 35.5. The van der Waals surface area contributed by atoms with Crippen LogP contribution in [0.3, 0.4) is 0 Å². The number of benzene rings is 1. The molecule has 27 heavy (non-hydrogen) atoms. The van der Waals surface area contributed by atoms with Gasteiger partial charge in [0.05, 0.1) is 6.04 Å². The summed E-state index contributed by atoms with van der Waals surface area (Å²) in [5, 5.41) is 10.7. The first-order valence-electron chi connectivity index (χ1n) is 8.20. The maximum atomic E-state index is 12.2. The lowest BCUT2D eigenvalue weighted by Gasteiger charge is -2.12. The first-order chi connectivity index (χ1) is 13.1. The van der Waals surface area contributed by atoms with Gasteiger partial charge in [-0.1, -0.05) is 53.3 Å². The van der Waals surface area contributed by atoms with E-state index in [1.54, 1.807) is 22.9 Å². The molecule has 2 N–H and O–H groups in total. The quantitative estimate of drug-likeness (QED) is 0.484. The summed E-state index contributed by atoms with van der Waals surface area (Å²) < 4.78 is 1.80. The Morgan fingerprint density at radius 1 is 1.11 bits per heavy atom. The van der Waals surface area contributed by atoms with E-state index in [4.69, 9.17) is 11.6 Å². The van der Waals surface area contributed by atoms with Crippen molar-refractivity contribution < 1.29 is 4.79 Å². The molecule has 1 aromatic carbocycles. The molecule has 0 bridgehead atoms. The number of thiazole rings is 1. The average molecular weight is 399 g/mol. The van der Waals surface area contributed by atoms with Crippen LogP contribution in [0.1, 0.15) is 18.5 Å². The number of amides is 2. The fraction of sp³-hybridized carbons (Fsp3) is 0.111. The fourth-order valence-corrected chi connectivity index (χ4v) is 3.63. The highest BCUT2D eigenvalue weighted by Crippen LogP contribution is 2.25. The number of fused-ring (bicyclic) bond motifs is 1. The molecule has 0 spiro atoms. The number of carbonyl (C=O) groups excluding carboxylic acids is 1. The van der Waals surface area contributed by atoms with Gasteiger partial charge in [0.2, 0.25) is 0 Å². The summed E-state index contributed by atoms with van der Waals surface area (Å²) in [4.78, 5) is 21.4. The highest BCUT2D eigenvalue weighted by molar-refractivity contribution is 7.22. The van der Waals surface area contributed by atoms with E-state index in [1.807, 2.05) is 43.5 Å². The smallest absolute Gasteiger partial charge is 0.291 e. The van der Waals surface area contributed by atoms with E-state index in [1.165, 1.54) is 11.3 Å². The normalized spacial score (nSPS) is 12.1. The zero-order chi connectivity index (χ0) is 18.8. The molecule has 9 heteroatoms. The predicted molar refractivity (Wildman–Crippen MR) is 108 cm³/mol. The molecule has 1 atom stereocenters. The lowest BCUT2D eigenvalue weighted by Crippen LogP contribution is -2.20. The molecule has 0 radical (unpaired) electrons. The van der Waals surface area contributed by atoms with Crippen molar-refractivity contribution >= 4 is 50.3 Å².